The minimum absolute atomic E-state index is 0.00796. The summed E-state index contributed by atoms with van der Waals surface area (Å²) in [6, 6.07) is 0. The van der Waals surface area contributed by atoms with Gasteiger partial charge in [0.15, 0.2) is 0 Å². The van der Waals surface area contributed by atoms with Crippen molar-refractivity contribution in [1.82, 2.24) is 0 Å². The Labute approximate surface area is 109 Å². The first-order chi connectivity index (χ1) is 8.49. The Bertz CT molecular complexity index is 401. The molecule has 0 aromatic heterocycles. The van der Waals surface area contributed by atoms with Gasteiger partial charge in [0.2, 0.25) is 0 Å². The quantitative estimate of drug-likeness (QED) is 0.377. The van der Waals surface area contributed by atoms with E-state index in [4.69, 9.17) is 9.47 Å². The van der Waals surface area contributed by atoms with Crippen LogP contribution in [0, 0.1) is 11.8 Å². The molecule has 1 aliphatic carbocycles. The van der Waals surface area contributed by atoms with Crippen LogP contribution in [0.4, 0.5) is 0 Å². The molecule has 3 heteroatoms. The van der Waals surface area contributed by atoms with Gasteiger partial charge in [0, 0.05) is 5.92 Å². The van der Waals surface area contributed by atoms with E-state index in [-0.39, 0.29) is 23.6 Å². The van der Waals surface area contributed by atoms with Crippen molar-refractivity contribution >= 4 is 5.97 Å². The lowest BCUT2D eigenvalue weighted by atomic mass is 9.82. The van der Waals surface area contributed by atoms with Gasteiger partial charge in [-0.25, -0.2) is 0 Å². The molecule has 2 saturated heterocycles. The molecule has 0 saturated carbocycles. The van der Waals surface area contributed by atoms with Gasteiger partial charge in [0.25, 0.3) is 0 Å². The van der Waals surface area contributed by atoms with Gasteiger partial charge in [-0.2, -0.15) is 0 Å². The molecule has 0 N–H and O–H groups in total. The van der Waals surface area contributed by atoms with Crippen LogP contribution in [0.2, 0.25) is 0 Å². The average molecular weight is 250 g/mol. The molecule has 0 radical (unpaired) electrons. The summed E-state index contributed by atoms with van der Waals surface area (Å²) >= 11 is 0. The first kappa shape index (κ1) is 12.2. The Kier molecular flexibility index (Phi) is 2.77. The molecule has 3 aliphatic rings. The molecular weight excluding hydrogens is 228 g/mol. The second kappa shape index (κ2) is 4.09. The number of fused-ring (bicyclic) bond motifs is 2. The minimum Gasteiger partial charge on any atom is -0.458 e. The summed E-state index contributed by atoms with van der Waals surface area (Å²) in [5, 5.41) is 0. The molecule has 0 aromatic carbocycles. The van der Waals surface area contributed by atoms with E-state index in [1.165, 1.54) is 5.57 Å². The zero-order chi connectivity index (χ0) is 12.9. The SMILES string of the molecule is C/C1=C\[C@H]2OC(=O)[C@@H](C)[C@@H]2CC[C@@]2(C)O[C@@H]2CC1. The summed E-state index contributed by atoms with van der Waals surface area (Å²) in [5.74, 6) is 0.318. The summed E-state index contributed by atoms with van der Waals surface area (Å²) < 4.78 is 11.3. The summed E-state index contributed by atoms with van der Waals surface area (Å²) in [6.45, 7) is 6.33. The Morgan fingerprint density at radius 2 is 2.17 bits per heavy atom. The van der Waals surface area contributed by atoms with E-state index >= 15 is 0 Å². The Balaban J connectivity index is 1.83. The fraction of sp³-hybridized carbons (Fsp3) is 0.800. The number of carbonyl (C=O) groups is 1. The van der Waals surface area contributed by atoms with Crippen molar-refractivity contribution in [3.05, 3.63) is 11.6 Å². The van der Waals surface area contributed by atoms with E-state index < -0.39 is 0 Å². The monoisotopic (exact) mass is 250 g/mol. The molecule has 3 nitrogen and oxygen atoms in total. The summed E-state index contributed by atoms with van der Waals surface area (Å²) in [7, 11) is 0. The van der Waals surface area contributed by atoms with Crippen LogP contribution < -0.4 is 0 Å². The van der Waals surface area contributed by atoms with Crippen LogP contribution in [0.25, 0.3) is 0 Å². The highest BCUT2D eigenvalue weighted by atomic mass is 16.6. The molecule has 0 bridgehead atoms. The van der Waals surface area contributed by atoms with Crippen LogP contribution >= 0.6 is 0 Å². The minimum atomic E-state index is -0.0354. The van der Waals surface area contributed by atoms with Gasteiger partial charge in [-0.3, -0.25) is 4.79 Å². The summed E-state index contributed by atoms with van der Waals surface area (Å²) in [6.07, 6.45) is 6.80. The zero-order valence-electron chi connectivity index (χ0n) is 11.4. The number of allylic oxidation sites excluding steroid dienone is 1. The number of epoxide rings is 1. The predicted molar refractivity (Wildman–Crippen MR) is 68.0 cm³/mol. The van der Waals surface area contributed by atoms with Gasteiger partial charge >= 0.3 is 5.97 Å². The van der Waals surface area contributed by atoms with Crippen molar-refractivity contribution in [2.75, 3.05) is 0 Å². The van der Waals surface area contributed by atoms with Crippen LogP contribution in [0.3, 0.4) is 0 Å². The van der Waals surface area contributed by atoms with Crippen LogP contribution in [0.5, 0.6) is 0 Å². The molecule has 3 rings (SSSR count). The predicted octanol–water partition coefficient (Wildman–Crippen LogP) is 2.84. The molecule has 0 unspecified atom stereocenters. The molecule has 2 fully saturated rings. The van der Waals surface area contributed by atoms with Gasteiger partial charge in [-0.05, 0) is 45.6 Å². The average Bonchev–Trinajstić information content (AvgIpc) is 2.89. The number of rotatable bonds is 0. The largest absolute Gasteiger partial charge is 0.458 e. The van der Waals surface area contributed by atoms with Crippen molar-refractivity contribution < 1.29 is 14.3 Å². The van der Waals surface area contributed by atoms with Crippen molar-refractivity contribution in [3.8, 4) is 0 Å². The lowest BCUT2D eigenvalue weighted by Crippen LogP contribution is -2.22. The molecule has 2 heterocycles. The third kappa shape index (κ3) is 1.99. The molecular formula is C15H22O3. The van der Waals surface area contributed by atoms with Gasteiger partial charge in [-0.15, -0.1) is 0 Å². The van der Waals surface area contributed by atoms with Gasteiger partial charge in [0.1, 0.15) is 6.10 Å². The highest BCUT2D eigenvalue weighted by molar-refractivity contribution is 5.75. The van der Waals surface area contributed by atoms with E-state index in [0.29, 0.717) is 12.0 Å². The molecule has 0 spiro atoms. The molecule has 0 aromatic rings. The fourth-order valence-electron chi connectivity index (χ4n) is 3.41. The van der Waals surface area contributed by atoms with Gasteiger partial charge in [-0.1, -0.05) is 12.5 Å². The number of hydrogen-bond acceptors (Lipinski definition) is 3. The molecule has 2 aliphatic heterocycles. The van der Waals surface area contributed by atoms with Crippen molar-refractivity contribution in [2.24, 2.45) is 11.8 Å². The lowest BCUT2D eigenvalue weighted by molar-refractivity contribution is -0.142. The highest BCUT2D eigenvalue weighted by Crippen LogP contribution is 2.46. The van der Waals surface area contributed by atoms with Crippen LogP contribution in [0.1, 0.15) is 46.5 Å². The fourth-order valence-corrected chi connectivity index (χ4v) is 3.41. The molecule has 100 valence electrons. The van der Waals surface area contributed by atoms with Crippen molar-refractivity contribution in [1.29, 1.82) is 0 Å². The summed E-state index contributed by atoms with van der Waals surface area (Å²) in [5.41, 5.74) is 1.39. The lowest BCUT2D eigenvalue weighted by Gasteiger charge is -2.20. The number of carbonyl (C=O) groups excluding carboxylic acids is 1. The van der Waals surface area contributed by atoms with Gasteiger partial charge < -0.3 is 9.47 Å². The zero-order valence-corrected chi connectivity index (χ0v) is 11.4. The third-order valence-electron chi connectivity index (χ3n) is 4.95. The third-order valence-corrected chi connectivity index (χ3v) is 4.95. The molecule has 5 atom stereocenters. The van der Waals surface area contributed by atoms with Crippen LogP contribution in [-0.2, 0) is 14.3 Å². The second-order valence-corrected chi connectivity index (χ2v) is 6.36. The highest BCUT2D eigenvalue weighted by Gasteiger charge is 2.52. The first-order valence-corrected chi connectivity index (χ1v) is 7.05. The maximum Gasteiger partial charge on any atom is 0.309 e. The van der Waals surface area contributed by atoms with E-state index in [9.17, 15) is 4.79 Å². The van der Waals surface area contributed by atoms with Crippen molar-refractivity contribution in [3.63, 3.8) is 0 Å². The maximum absolute atomic E-state index is 11.7. The van der Waals surface area contributed by atoms with E-state index in [1.807, 2.05) is 6.92 Å². The Morgan fingerprint density at radius 3 is 2.94 bits per heavy atom. The standard InChI is InChI=1S/C15H22O3/c1-9-4-5-13-15(3,18-13)7-6-11-10(2)14(16)17-12(11)8-9/h8,10-13H,4-7H2,1-3H3/b9-8+/t10-,11-,12+,13+,15+/m0/s1. The van der Waals surface area contributed by atoms with E-state index in [2.05, 4.69) is 19.9 Å². The normalized spacial score (nSPS) is 50.6. The van der Waals surface area contributed by atoms with E-state index in [1.54, 1.807) is 0 Å². The van der Waals surface area contributed by atoms with Gasteiger partial charge in [0.05, 0.1) is 17.6 Å². The number of esters is 1. The first-order valence-electron chi connectivity index (χ1n) is 7.05. The Morgan fingerprint density at radius 1 is 1.39 bits per heavy atom. The van der Waals surface area contributed by atoms with Crippen molar-refractivity contribution in [2.45, 2.75) is 64.3 Å². The van der Waals surface area contributed by atoms with E-state index in [0.717, 1.165) is 25.7 Å². The molecule has 18 heavy (non-hydrogen) atoms. The smallest absolute Gasteiger partial charge is 0.309 e. The Hall–Kier alpha value is -0.830. The second-order valence-electron chi connectivity index (χ2n) is 6.36. The number of hydrogen-bond donors (Lipinski definition) is 0. The van der Waals surface area contributed by atoms with Crippen LogP contribution in [0.15, 0.2) is 11.6 Å². The van der Waals surface area contributed by atoms with Crippen LogP contribution in [-0.4, -0.2) is 23.8 Å². The summed E-state index contributed by atoms with van der Waals surface area (Å²) in [4.78, 5) is 11.7. The topological polar surface area (TPSA) is 38.8 Å². The molecule has 0 amide bonds. The number of ether oxygens (including phenoxy) is 2. The maximum atomic E-state index is 11.7.